The van der Waals surface area contributed by atoms with Gasteiger partial charge in [-0.15, -0.1) is 0 Å². The average molecular weight is 351 g/mol. The Morgan fingerprint density at radius 1 is 1.23 bits per heavy atom. The largest absolute Gasteiger partial charge is 0.299 e. The minimum absolute atomic E-state index is 0.357. The summed E-state index contributed by atoms with van der Waals surface area (Å²) in [6, 6.07) is 4.12. The Hall–Kier alpha value is 0.1000. The quantitative estimate of drug-likeness (QED) is 0.657. The summed E-state index contributed by atoms with van der Waals surface area (Å²) in [6.07, 6.45) is 2.22. The van der Waals surface area contributed by atoms with Crippen molar-refractivity contribution in [1.82, 2.24) is 0 Å². The van der Waals surface area contributed by atoms with Crippen LogP contribution in [-0.4, -0.2) is 5.78 Å². The standard InChI is InChI=1S/C10H8BrIO/c11-9-3-4-10(12)7-2-1-6(13)5-8(7)9/h3-4H,1-2,5H2. The van der Waals surface area contributed by atoms with Crippen LogP contribution < -0.4 is 0 Å². The topological polar surface area (TPSA) is 17.1 Å². The molecule has 0 heterocycles. The van der Waals surface area contributed by atoms with Gasteiger partial charge in [-0.25, -0.2) is 0 Å². The molecule has 1 aliphatic rings. The van der Waals surface area contributed by atoms with Crippen LogP contribution in [0.25, 0.3) is 0 Å². The Balaban J connectivity index is 2.57. The van der Waals surface area contributed by atoms with Crippen LogP contribution >= 0.6 is 38.5 Å². The molecule has 13 heavy (non-hydrogen) atoms. The lowest BCUT2D eigenvalue weighted by molar-refractivity contribution is -0.118. The number of carbonyl (C=O) groups excluding carboxylic acids is 1. The Morgan fingerprint density at radius 2 is 2.00 bits per heavy atom. The highest BCUT2D eigenvalue weighted by molar-refractivity contribution is 14.1. The molecule has 1 nitrogen and oxygen atoms in total. The molecule has 0 amide bonds. The number of benzene rings is 1. The van der Waals surface area contributed by atoms with Gasteiger partial charge in [-0.3, -0.25) is 4.79 Å². The molecule has 0 aliphatic heterocycles. The highest BCUT2D eigenvalue weighted by Gasteiger charge is 2.19. The van der Waals surface area contributed by atoms with Crippen LogP contribution in [0.5, 0.6) is 0 Å². The summed E-state index contributed by atoms with van der Waals surface area (Å²) in [5.74, 6) is 0.357. The number of hydrogen-bond donors (Lipinski definition) is 0. The Bertz CT molecular complexity index is 373. The maximum absolute atomic E-state index is 11.3. The van der Waals surface area contributed by atoms with Crippen LogP contribution in [0.15, 0.2) is 16.6 Å². The van der Waals surface area contributed by atoms with Gasteiger partial charge in [0.1, 0.15) is 5.78 Å². The summed E-state index contributed by atoms with van der Waals surface area (Å²) >= 11 is 5.82. The second-order valence-electron chi connectivity index (χ2n) is 3.20. The van der Waals surface area contributed by atoms with Crippen molar-refractivity contribution < 1.29 is 4.79 Å². The zero-order valence-corrected chi connectivity index (χ0v) is 10.7. The third-order valence-electron chi connectivity index (χ3n) is 2.34. The lowest BCUT2D eigenvalue weighted by Gasteiger charge is -2.17. The number of ketones is 1. The maximum atomic E-state index is 11.3. The molecule has 0 unspecified atom stereocenters. The van der Waals surface area contributed by atoms with Crippen LogP contribution in [0.1, 0.15) is 17.5 Å². The Kier molecular flexibility index (Phi) is 2.74. The predicted octanol–water partition coefficient (Wildman–Crippen LogP) is 3.11. The first-order valence-corrected chi connectivity index (χ1v) is 6.03. The van der Waals surface area contributed by atoms with Gasteiger partial charge in [0, 0.05) is 20.9 Å². The van der Waals surface area contributed by atoms with Crippen molar-refractivity contribution in [3.63, 3.8) is 0 Å². The number of fused-ring (bicyclic) bond motifs is 1. The fourth-order valence-corrected chi connectivity index (χ4v) is 2.93. The molecular formula is C10H8BrIO. The van der Waals surface area contributed by atoms with Gasteiger partial charge in [0.05, 0.1) is 0 Å². The number of carbonyl (C=O) groups is 1. The monoisotopic (exact) mass is 350 g/mol. The van der Waals surface area contributed by atoms with Crippen molar-refractivity contribution in [3.8, 4) is 0 Å². The SMILES string of the molecule is O=C1CCc2c(I)ccc(Br)c2C1. The van der Waals surface area contributed by atoms with Gasteiger partial charge < -0.3 is 0 Å². The van der Waals surface area contributed by atoms with Gasteiger partial charge >= 0.3 is 0 Å². The highest BCUT2D eigenvalue weighted by Crippen LogP contribution is 2.30. The van der Waals surface area contributed by atoms with E-state index in [9.17, 15) is 4.79 Å². The Morgan fingerprint density at radius 3 is 2.77 bits per heavy atom. The molecule has 0 bridgehead atoms. The van der Waals surface area contributed by atoms with Gasteiger partial charge in [0.2, 0.25) is 0 Å². The number of rotatable bonds is 0. The molecule has 1 aliphatic carbocycles. The number of hydrogen-bond acceptors (Lipinski definition) is 1. The molecule has 0 fully saturated rings. The normalized spacial score (nSPS) is 15.7. The molecule has 2 rings (SSSR count). The van der Waals surface area contributed by atoms with Crippen LogP contribution in [-0.2, 0) is 17.6 Å². The first kappa shape index (κ1) is 9.65. The molecule has 0 aromatic heterocycles. The van der Waals surface area contributed by atoms with Gasteiger partial charge in [0.25, 0.3) is 0 Å². The number of halogens is 2. The molecule has 1 aromatic carbocycles. The molecule has 0 radical (unpaired) electrons. The van der Waals surface area contributed by atoms with Crippen molar-refractivity contribution in [2.75, 3.05) is 0 Å². The van der Waals surface area contributed by atoms with Crippen molar-refractivity contribution in [3.05, 3.63) is 31.3 Å². The van der Waals surface area contributed by atoms with E-state index in [0.717, 1.165) is 10.9 Å². The van der Waals surface area contributed by atoms with Gasteiger partial charge in [0.15, 0.2) is 0 Å². The third kappa shape index (κ3) is 1.81. The summed E-state index contributed by atoms with van der Waals surface area (Å²) in [4.78, 5) is 11.3. The van der Waals surface area contributed by atoms with Crippen LogP contribution in [0.3, 0.4) is 0 Å². The van der Waals surface area contributed by atoms with E-state index >= 15 is 0 Å². The van der Waals surface area contributed by atoms with Gasteiger partial charge in [-0.05, 0) is 52.3 Å². The second-order valence-corrected chi connectivity index (χ2v) is 5.22. The zero-order valence-electron chi connectivity index (χ0n) is 6.94. The van der Waals surface area contributed by atoms with E-state index in [1.54, 1.807) is 0 Å². The summed E-state index contributed by atoms with van der Waals surface area (Å²) in [6.45, 7) is 0. The molecule has 1 aromatic rings. The lowest BCUT2D eigenvalue weighted by Crippen LogP contribution is -2.14. The highest BCUT2D eigenvalue weighted by atomic mass is 127. The Labute approximate surface area is 99.2 Å². The molecular weight excluding hydrogens is 343 g/mol. The van der Waals surface area contributed by atoms with E-state index in [4.69, 9.17) is 0 Å². The van der Waals surface area contributed by atoms with Gasteiger partial charge in [-0.2, -0.15) is 0 Å². The smallest absolute Gasteiger partial charge is 0.137 e. The molecule has 0 saturated carbocycles. The van der Waals surface area contributed by atoms with E-state index in [0.29, 0.717) is 18.6 Å². The third-order valence-corrected chi connectivity index (χ3v) is 4.10. The van der Waals surface area contributed by atoms with E-state index in [1.165, 1.54) is 14.7 Å². The van der Waals surface area contributed by atoms with E-state index in [2.05, 4.69) is 44.6 Å². The molecule has 0 spiro atoms. The minimum atomic E-state index is 0.357. The van der Waals surface area contributed by atoms with Crippen LogP contribution in [0.2, 0.25) is 0 Å². The van der Waals surface area contributed by atoms with E-state index in [1.807, 2.05) is 6.07 Å². The second kappa shape index (κ2) is 3.69. The number of Topliss-reactive ketones (excluding diaryl/α,β-unsaturated/α-hetero) is 1. The average Bonchev–Trinajstić information content (AvgIpc) is 2.12. The molecule has 0 saturated heterocycles. The van der Waals surface area contributed by atoms with E-state index < -0.39 is 0 Å². The molecule has 0 N–H and O–H groups in total. The molecule has 68 valence electrons. The first-order valence-electron chi connectivity index (χ1n) is 4.16. The summed E-state index contributed by atoms with van der Waals surface area (Å²) in [5.41, 5.74) is 2.55. The summed E-state index contributed by atoms with van der Waals surface area (Å²) in [7, 11) is 0. The van der Waals surface area contributed by atoms with Gasteiger partial charge in [-0.1, -0.05) is 15.9 Å². The van der Waals surface area contributed by atoms with Crippen molar-refractivity contribution in [2.45, 2.75) is 19.3 Å². The van der Waals surface area contributed by atoms with Crippen molar-refractivity contribution in [2.24, 2.45) is 0 Å². The maximum Gasteiger partial charge on any atom is 0.137 e. The summed E-state index contributed by atoms with van der Waals surface area (Å²) < 4.78 is 2.36. The fourth-order valence-electron chi connectivity index (χ4n) is 1.65. The predicted molar refractivity (Wildman–Crippen MR) is 63.9 cm³/mol. The van der Waals surface area contributed by atoms with Crippen LogP contribution in [0, 0.1) is 3.57 Å². The first-order chi connectivity index (χ1) is 6.18. The van der Waals surface area contributed by atoms with Crippen molar-refractivity contribution in [1.29, 1.82) is 0 Å². The van der Waals surface area contributed by atoms with Crippen molar-refractivity contribution >= 4 is 44.3 Å². The minimum Gasteiger partial charge on any atom is -0.299 e. The lowest BCUT2D eigenvalue weighted by atomic mass is 9.91. The fraction of sp³-hybridized carbons (Fsp3) is 0.300. The van der Waals surface area contributed by atoms with Crippen LogP contribution in [0.4, 0.5) is 0 Å². The molecule has 0 atom stereocenters. The zero-order chi connectivity index (χ0) is 9.42. The molecule has 3 heteroatoms. The summed E-state index contributed by atoms with van der Waals surface area (Å²) in [5, 5.41) is 0. The van der Waals surface area contributed by atoms with E-state index in [-0.39, 0.29) is 0 Å².